The van der Waals surface area contributed by atoms with E-state index in [2.05, 4.69) is 39.5 Å². The molecular weight excluding hydrogens is 366 g/mol. The Kier molecular flexibility index (Phi) is 5.33. The normalized spacial score (nSPS) is 12.8. The van der Waals surface area contributed by atoms with Gasteiger partial charge >= 0.3 is 0 Å². The third-order valence-corrected chi connectivity index (χ3v) is 5.14. The number of methoxy groups -OCH3 is 2. The van der Waals surface area contributed by atoms with Crippen molar-refractivity contribution in [2.45, 2.75) is 13.0 Å². The first-order valence-electron chi connectivity index (χ1n) is 9.48. The third-order valence-electron chi connectivity index (χ3n) is 5.14. The second-order valence-corrected chi connectivity index (χ2v) is 6.89. The number of carbonyl (C=O) groups is 1. The molecule has 0 bridgehead atoms. The second-order valence-electron chi connectivity index (χ2n) is 6.89. The van der Waals surface area contributed by atoms with E-state index in [0.29, 0.717) is 22.7 Å². The minimum Gasteiger partial charge on any atom is -0.497 e. The Hall–Kier alpha value is -3.54. The smallest absolute Gasteiger partial charge is 0.257 e. The number of aromatic nitrogens is 1. The van der Waals surface area contributed by atoms with Crippen LogP contribution in [0, 0.1) is 0 Å². The number of ether oxygens (including phenoxy) is 2. The van der Waals surface area contributed by atoms with Crippen LogP contribution in [0.5, 0.6) is 11.5 Å². The molecule has 0 unspecified atom stereocenters. The van der Waals surface area contributed by atoms with Gasteiger partial charge in [0.2, 0.25) is 0 Å². The molecule has 1 aliphatic rings. The van der Waals surface area contributed by atoms with Crippen molar-refractivity contribution in [3.05, 3.63) is 77.6 Å². The maximum Gasteiger partial charge on any atom is 0.257 e. The Morgan fingerprint density at radius 1 is 1.03 bits per heavy atom. The van der Waals surface area contributed by atoms with E-state index in [9.17, 15) is 4.79 Å². The van der Waals surface area contributed by atoms with Crippen molar-refractivity contribution in [2.75, 3.05) is 31.0 Å². The molecule has 3 aromatic rings. The highest BCUT2D eigenvalue weighted by Gasteiger charge is 2.18. The zero-order valence-electron chi connectivity index (χ0n) is 16.5. The Labute approximate surface area is 170 Å². The number of amides is 1. The van der Waals surface area contributed by atoms with Crippen molar-refractivity contribution in [1.82, 2.24) is 4.98 Å². The number of anilines is 2. The maximum atomic E-state index is 12.8. The van der Waals surface area contributed by atoms with E-state index in [0.717, 1.165) is 25.2 Å². The lowest BCUT2D eigenvalue weighted by Gasteiger charge is -2.30. The number of rotatable bonds is 5. The van der Waals surface area contributed by atoms with Crippen molar-refractivity contribution in [2.24, 2.45) is 0 Å². The molecule has 0 fully saturated rings. The van der Waals surface area contributed by atoms with Gasteiger partial charge in [-0.05, 0) is 35.7 Å². The average molecular weight is 389 g/mol. The molecule has 6 heteroatoms. The van der Waals surface area contributed by atoms with Gasteiger partial charge in [-0.3, -0.25) is 9.78 Å². The van der Waals surface area contributed by atoms with E-state index in [1.165, 1.54) is 11.1 Å². The molecule has 1 amide bonds. The molecule has 1 aliphatic heterocycles. The highest BCUT2D eigenvalue weighted by Crippen LogP contribution is 2.30. The van der Waals surface area contributed by atoms with Crippen molar-refractivity contribution < 1.29 is 14.3 Å². The summed E-state index contributed by atoms with van der Waals surface area (Å²) in [5.74, 6) is 0.958. The molecule has 0 atom stereocenters. The van der Waals surface area contributed by atoms with Gasteiger partial charge in [0, 0.05) is 25.4 Å². The molecule has 0 radical (unpaired) electrons. The predicted molar refractivity (Wildman–Crippen MR) is 113 cm³/mol. The van der Waals surface area contributed by atoms with Crippen molar-refractivity contribution >= 4 is 17.3 Å². The Bertz CT molecular complexity index is 1040. The molecule has 148 valence electrons. The number of hydrogen-bond acceptors (Lipinski definition) is 5. The van der Waals surface area contributed by atoms with Crippen molar-refractivity contribution in [3.8, 4) is 11.5 Å². The Morgan fingerprint density at radius 3 is 2.66 bits per heavy atom. The van der Waals surface area contributed by atoms with Crippen LogP contribution in [0.15, 0.2) is 60.9 Å². The maximum absolute atomic E-state index is 12.8. The lowest BCUT2D eigenvalue weighted by Crippen LogP contribution is -2.30. The molecule has 0 saturated carbocycles. The summed E-state index contributed by atoms with van der Waals surface area (Å²) in [6.07, 6.45) is 4.35. The van der Waals surface area contributed by atoms with Gasteiger partial charge in [-0.15, -0.1) is 0 Å². The summed E-state index contributed by atoms with van der Waals surface area (Å²) >= 11 is 0. The summed E-state index contributed by atoms with van der Waals surface area (Å²) < 4.78 is 10.6. The zero-order valence-corrected chi connectivity index (χ0v) is 16.5. The number of benzene rings is 2. The first-order valence-corrected chi connectivity index (χ1v) is 9.48. The number of carbonyl (C=O) groups excluding carboxylic acids is 1. The lowest BCUT2D eigenvalue weighted by molar-refractivity contribution is 0.102. The third kappa shape index (κ3) is 4.01. The summed E-state index contributed by atoms with van der Waals surface area (Å²) in [7, 11) is 3.14. The van der Waals surface area contributed by atoms with Gasteiger partial charge in [-0.2, -0.15) is 0 Å². The predicted octanol–water partition coefficient (Wildman–Crippen LogP) is 3.91. The molecule has 29 heavy (non-hydrogen) atoms. The van der Waals surface area contributed by atoms with Crippen LogP contribution in [0.4, 0.5) is 11.4 Å². The summed E-state index contributed by atoms with van der Waals surface area (Å²) in [5, 5.41) is 2.90. The number of nitrogens with one attached hydrogen (secondary N) is 1. The molecule has 4 rings (SSSR count). The summed E-state index contributed by atoms with van der Waals surface area (Å²) in [5.41, 5.74) is 4.68. The van der Waals surface area contributed by atoms with Crippen LogP contribution < -0.4 is 19.7 Å². The largest absolute Gasteiger partial charge is 0.497 e. The van der Waals surface area contributed by atoms with E-state index in [1.54, 1.807) is 44.8 Å². The van der Waals surface area contributed by atoms with Crippen LogP contribution >= 0.6 is 0 Å². The molecule has 1 N–H and O–H groups in total. The molecule has 0 spiro atoms. The average Bonchev–Trinajstić information content (AvgIpc) is 2.78. The van der Waals surface area contributed by atoms with Gasteiger partial charge in [-0.25, -0.2) is 0 Å². The van der Waals surface area contributed by atoms with Crippen LogP contribution in [0.3, 0.4) is 0 Å². The van der Waals surface area contributed by atoms with Crippen molar-refractivity contribution in [1.29, 1.82) is 0 Å². The van der Waals surface area contributed by atoms with Gasteiger partial charge in [0.15, 0.2) is 0 Å². The highest BCUT2D eigenvalue weighted by molar-refractivity contribution is 6.05. The van der Waals surface area contributed by atoms with Crippen LogP contribution in [0.25, 0.3) is 0 Å². The standard InChI is InChI=1S/C23H23N3O3/c1-28-20-7-8-22(29-2)21(12-20)25-23(27)18-11-19(14-24-13-18)26-10-9-16-5-3-4-6-17(16)15-26/h3-8,11-14H,9-10,15H2,1-2H3,(H,25,27). The highest BCUT2D eigenvalue weighted by atomic mass is 16.5. The number of pyridine rings is 1. The molecule has 2 aromatic carbocycles. The first kappa shape index (κ1) is 18.8. The fourth-order valence-electron chi connectivity index (χ4n) is 3.55. The van der Waals surface area contributed by atoms with Crippen LogP contribution in [-0.4, -0.2) is 31.7 Å². The van der Waals surface area contributed by atoms with Crippen molar-refractivity contribution in [3.63, 3.8) is 0 Å². The van der Waals surface area contributed by atoms with Crippen LogP contribution in [0.1, 0.15) is 21.5 Å². The topological polar surface area (TPSA) is 63.7 Å². The lowest BCUT2D eigenvalue weighted by atomic mass is 9.99. The molecule has 6 nitrogen and oxygen atoms in total. The van der Waals surface area contributed by atoms with Crippen LogP contribution in [0.2, 0.25) is 0 Å². The summed E-state index contributed by atoms with van der Waals surface area (Å²) in [4.78, 5) is 19.4. The fourth-order valence-corrected chi connectivity index (χ4v) is 3.55. The Morgan fingerprint density at radius 2 is 1.86 bits per heavy atom. The fraction of sp³-hybridized carbons (Fsp3) is 0.217. The second kappa shape index (κ2) is 8.22. The van der Waals surface area contributed by atoms with E-state index in [4.69, 9.17) is 9.47 Å². The van der Waals surface area contributed by atoms with Gasteiger partial charge in [0.25, 0.3) is 5.91 Å². The molecular formula is C23H23N3O3. The van der Waals surface area contributed by atoms with E-state index in [1.807, 2.05) is 6.07 Å². The van der Waals surface area contributed by atoms with E-state index in [-0.39, 0.29) is 5.91 Å². The van der Waals surface area contributed by atoms with Crippen LogP contribution in [-0.2, 0) is 13.0 Å². The zero-order chi connectivity index (χ0) is 20.2. The molecule has 0 saturated heterocycles. The number of nitrogens with zero attached hydrogens (tertiary/aromatic N) is 2. The van der Waals surface area contributed by atoms with E-state index >= 15 is 0 Å². The minimum atomic E-state index is -0.247. The molecule has 0 aliphatic carbocycles. The summed E-state index contributed by atoms with van der Waals surface area (Å²) in [6, 6.07) is 15.6. The van der Waals surface area contributed by atoms with Gasteiger partial charge in [-0.1, -0.05) is 24.3 Å². The Balaban J connectivity index is 1.54. The first-order chi connectivity index (χ1) is 14.2. The summed E-state index contributed by atoms with van der Waals surface area (Å²) in [6.45, 7) is 1.71. The number of fused-ring (bicyclic) bond motifs is 1. The molecule has 1 aromatic heterocycles. The van der Waals surface area contributed by atoms with Gasteiger partial charge in [0.05, 0.1) is 37.4 Å². The quantitative estimate of drug-likeness (QED) is 0.717. The monoisotopic (exact) mass is 389 g/mol. The minimum absolute atomic E-state index is 0.247. The van der Waals surface area contributed by atoms with Gasteiger partial charge in [0.1, 0.15) is 11.5 Å². The molecule has 2 heterocycles. The SMILES string of the molecule is COc1ccc(OC)c(NC(=O)c2cncc(N3CCc4ccccc4C3)c2)c1. The van der Waals surface area contributed by atoms with Gasteiger partial charge < -0.3 is 19.7 Å². The van der Waals surface area contributed by atoms with E-state index < -0.39 is 0 Å². The number of hydrogen-bond donors (Lipinski definition) is 1.